The van der Waals surface area contributed by atoms with E-state index < -0.39 is 0 Å². The number of nitrogens with zero attached hydrogens (tertiary/aromatic N) is 2. The second-order valence-electron chi connectivity index (χ2n) is 8.02. The van der Waals surface area contributed by atoms with Gasteiger partial charge in [0, 0.05) is 29.7 Å². The summed E-state index contributed by atoms with van der Waals surface area (Å²) in [6.45, 7) is 8.06. The lowest BCUT2D eigenvalue weighted by Crippen LogP contribution is -2.39. The standard InChI is InChI=1S/C20H28N2O2/c1-20(2,3)13-16-6-5-10-22(16)19(23)14-21-11-9-15-12-17(24-4)7-8-18(15)21/h7-9,11-12,16H,5-6,10,13-14H2,1-4H3. The van der Waals surface area contributed by atoms with E-state index in [9.17, 15) is 4.79 Å². The molecule has 1 saturated heterocycles. The van der Waals surface area contributed by atoms with Crippen LogP contribution in [0, 0.1) is 5.41 Å². The first-order valence-corrected chi connectivity index (χ1v) is 8.80. The van der Waals surface area contributed by atoms with Crippen LogP contribution in [0.2, 0.25) is 0 Å². The minimum Gasteiger partial charge on any atom is -0.497 e. The van der Waals surface area contributed by atoms with Crippen LogP contribution >= 0.6 is 0 Å². The smallest absolute Gasteiger partial charge is 0.242 e. The molecule has 1 aliphatic heterocycles. The number of hydrogen-bond acceptors (Lipinski definition) is 2. The summed E-state index contributed by atoms with van der Waals surface area (Å²) >= 11 is 0. The van der Waals surface area contributed by atoms with Crippen LogP contribution in [0.5, 0.6) is 5.75 Å². The van der Waals surface area contributed by atoms with Gasteiger partial charge in [-0.15, -0.1) is 0 Å². The number of aromatic nitrogens is 1. The lowest BCUT2D eigenvalue weighted by Gasteiger charge is -2.30. The van der Waals surface area contributed by atoms with Crippen molar-refractivity contribution in [1.29, 1.82) is 0 Å². The van der Waals surface area contributed by atoms with Gasteiger partial charge in [-0.05, 0) is 48.9 Å². The maximum Gasteiger partial charge on any atom is 0.242 e. The maximum atomic E-state index is 12.9. The number of hydrogen-bond donors (Lipinski definition) is 0. The molecule has 1 atom stereocenters. The molecule has 1 fully saturated rings. The fraction of sp³-hybridized carbons (Fsp3) is 0.550. The molecule has 0 radical (unpaired) electrons. The van der Waals surface area contributed by atoms with Gasteiger partial charge >= 0.3 is 0 Å². The minimum absolute atomic E-state index is 0.232. The average molecular weight is 328 g/mol. The third kappa shape index (κ3) is 3.58. The van der Waals surface area contributed by atoms with Gasteiger partial charge in [0.2, 0.25) is 5.91 Å². The van der Waals surface area contributed by atoms with E-state index in [2.05, 4.69) is 25.7 Å². The zero-order chi connectivity index (χ0) is 17.3. The third-order valence-electron chi connectivity index (χ3n) is 4.83. The Labute approximate surface area is 144 Å². The monoisotopic (exact) mass is 328 g/mol. The highest BCUT2D eigenvalue weighted by Gasteiger charge is 2.31. The maximum absolute atomic E-state index is 12.9. The van der Waals surface area contributed by atoms with Crippen molar-refractivity contribution in [3.8, 4) is 5.75 Å². The lowest BCUT2D eigenvalue weighted by atomic mass is 9.87. The molecule has 1 unspecified atom stereocenters. The predicted molar refractivity (Wildman–Crippen MR) is 97.3 cm³/mol. The second kappa shape index (κ2) is 6.50. The molecule has 4 nitrogen and oxygen atoms in total. The zero-order valence-electron chi connectivity index (χ0n) is 15.2. The molecule has 1 aromatic carbocycles. The van der Waals surface area contributed by atoms with Crippen LogP contribution in [0.15, 0.2) is 30.5 Å². The van der Waals surface area contributed by atoms with Crippen molar-refractivity contribution in [2.45, 2.75) is 52.6 Å². The molecule has 0 N–H and O–H groups in total. The number of carbonyl (C=O) groups is 1. The highest BCUT2D eigenvalue weighted by molar-refractivity contribution is 5.84. The molecule has 0 bridgehead atoms. The van der Waals surface area contributed by atoms with Gasteiger partial charge in [0.15, 0.2) is 0 Å². The van der Waals surface area contributed by atoms with Crippen molar-refractivity contribution in [2.24, 2.45) is 5.41 Å². The zero-order valence-corrected chi connectivity index (χ0v) is 15.2. The molecule has 1 aliphatic rings. The van der Waals surface area contributed by atoms with Gasteiger partial charge in [0.05, 0.1) is 7.11 Å². The summed E-state index contributed by atoms with van der Waals surface area (Å²) in [4.78, 5) is 15.0. The number of fused-ring (bicyclic) bond motifs is 1. The Morgan fingerprint density at radius 2 is 2.08 bits per heavy atom. The Kier molecular flexibility index (Phi) is 4.57. The molecule has 1 aromatic heterocycles. The number of methoxy groups -OCH3 is 1. The van der Waals surface area contributed by atoms with Crippen LogP contribution in [-0.4, -0.2) is 35.1 Å². The first-order valence-electron chi connectivity index (χ1n) is 8.80. The van der Waals surface area contributed by atoms with Gasteiger partial charge in [0.1, 0.15) is 12.3 Å². The van der Waals surface area contributed by atoms with Crippen LogP contribution in [-0.2, 0) is 11.3 Å². The first kappa shape index (κ1) is 16.9. The number of carbonyl (C=O) groups excluding carboxylic acids is 1. The van der Waals surface area contributed by atoms with Crippen LogP contribution < -0.4 is 4.74 Å². The van der Waals surface area contributed by atoms with Crippen molar-refractivity contribution in [2.75, 3.05) is 13.7 Å². The molecule has 0 aliphatic carbocycles. The van der Waals surface area contributed by atoms with Crippen LogP contribution in [0.4, 0.5) is 0 Å². The van der Waals surface area contributed by atoms with Crippen LogP contribution in [0.1, 0.15) is 40.0 Å². The third-order valence-corrected chi connectivity index (χ3v) is 4.83. The molecule has 0 saturated carbocycles. The molecule has 130 valence electrons. The van der Waals surface area contributed by atoms with Crippen molar-refractivity contribution in [3.05, 3.63) is 30.5 Å². The minimum atomic E-state index is 0.232. The first-order chi connectivity index (χ1) is 11.4. The Hall–Kier alpha value is -1.97. The summed E-state index contributed by atoms with van der Waals surface area (Å²) < 4.78 is 7.32. The molecule has 3 rings (SSSR count). The van der Waals surface area contributed by atoms with E-state index in [-0.39, 0.29) is 11.3 Å². The normalized spacial score (nSPS) is 18.3. The van der Waals surface area contributed by atoms with Crippen molar-refractivity contribution in [3.63, 3.8) is 0 Å². The molecular formula is C20H28N2O2. The van der Waals surface area contributed by atoms with E-state index in [0.717, 1.165) is 42.5 Å². The van der Waals surface area contributed by atoms with Crippen LogP contribution in [0.3, 0.4) is 0 Å². The van der Waals surface area contributed by atoms with Gasteiger partial charge in [-0.2, -0.15) is 0 Å². The van der Waals surface area contributed by atoms with E-state index in [1.165, 1.54) is 0 Å². The summed E-state index contributed by atoms with van der Waals surface area (Å²) in [5.74, 6) is 1.08. The van der Waals surface area contributed by atoms with Crippen molar-refractivity contribution < 1.29 is 9.53 Å². The molecular weight excluding hydrogens is 300 g/mol. The highest BCUT2D eigenvalue weighted by Crippen LogP contribution is 2.30. The summed E-state index contributed by atoms with van der Waals surface area (Å²) in [6, 6.07) is 8.41. The fourth-order valence-corrected chi connectivity index (χ4v) is 3.76. The van der Waals surface area contributed by atoms with Gasteiger partial charge in [-0.25, -0.2) is 0 Å². The number of rotatable bonds is 4. The molecule has 0 spiro atoms. The topological polar surface area (TPSA) is 34.5 Å². The molecule has 4 heteroatoms. The number of benzene rings is 1. The van der Waals surface area contributed by atoms with E-state index in [4.69, 9.17) is 4.74 Å². The van der Waals surface area contributed by atoms with Crippen LogP contribution in [0.25, 0.3) is 10.9 Å². The van der Waals surface area contributed by atoms with Gasteiger partial charge in [-0.3, -0.25) is 4.79 Å². The van der Waals surface area contributed by atoms with Crippen molar-refractivity contribution in [1.82, 2.24) is 9.47 Å². The molecule has 24 heavy (non-hydrogen) atoms. The Morgan fingerprint density at radius 3 is 2.79 bits per heavy atom. The number of amides is 1. The Balaban J connectivity index is 1.75. The Bertz CT molecular complexity index is 727. The van der Waals surface area contributed by atoms with E-state index in [1.807, 2.05) is 35.0 Å². The van der Waals surface area contributed by atoms with E-state index >= 15 is 0 Å². The molecule has 1 amide bonds. The average Bonchev–Trinajstić information content (AvgIpc) is 3.12. The molecule has 2 heterocycles. The summed E-state index contributed by atoms with van der Waals surface area (Å²) in [5.41, 5.74) is 1.33. The quantitative estimate of drug-likeness (QED) is 0.847. The summed E-state index contributed by atoms with van der Waals surface area (Å²) in [5, 5.41) is 1.11. The van der Waals surface area contributed by atoms with E-state index in [1.54, 1.807) is 7.11 Å². The van der Waals surface area contributed by atoms with Gasteiger partial charge in [0.25, 0.3) is 0 Å². The van der Waals surface area contributed by atoms with Gasteiger partial charge in [-0.1, -0.05) is 20.8 Å². The number of likely N-dealkylation sites (tertiary alicyclic amines) is 1. The fourth-order valence-electron chi connectivity index (χ4n) is 3.76. The lowest BCUT2D eigenvalue weighted by molar-refractivity contribution is -0.133. The predicted octanol–water partition coefficient (Wildman–Crippen LogP) is 4.08. The van der Waals surface area contributed by atoms with Gasteiger partial charge < -0.3 is 14.2 Å². The Morgan fingerprint density at radius 1 is 1.29 bits per heavy atom. The SMILES string of the molecule is COc1ccc2c(ccn2CC(=O)N2CCCC2CC(C)(C)C)c1. The second-order valence-corrected chi connectivity index (χ2v) is 8.02. The largest absolute Gasteiger partial charge is 0.497 e. The number of ether oxygens (including phenoxy) is 1. The molecule has 2 aromatic rings. The summed E-state index contributed by atoms with van der Waals surface area (Å²) in [6.07, 6.45) is 5.32. The summed E-state index contributed by atoms with van der Waals surface area (Å²) in [7, 11) is 1.67. The van der Waals surface area contributed by atoms with E-state index in [0.29, 0.717) is 12.6 Å². The van der Waals surface area contributed by atoms with Crippen molar-refractivity contribution >= 4 is 16.8 Å². The highest BCUT2D eigenvalue weighted by atomic mass is 16.5.